The molecular weight excluding hydrogens is 282 g/mol. The van der Waals surface area contributed by atoms with Crippen molar-refractivity contribution in [3.63, 3.8) is 0 Å². The van der Waals surface area contributed by atoms with Crippen LogP contribution in [-0.4, -0.2) is 14.7 Å². The molecule has 5 heteroatoms. The average Bonchev–Trinajstić information content (AvgIpc) is 2.37. The number of hydrogen-bond acceptors (Lipinski definition) is 2. The normalized spacial score (nSPS) is 11.6. The molecule has 2 aromatic carbocycles. The quantitative estimate of drug-likeness (QED) is 0.867. The van der Waals surface area contributed by atoms with Crippen LogP contribution in [0.2, 0.25) is 0 Å². The van der Waals surface area contributed by atoms with Gasteiger partial charge in [0.2, 0.25) is 0 Å². The fourth-order valence-corrected chi connectivity index (χ4v) is 2.72. The zero-order valence-corrected chi connectivity index (χ0v) is 12.0. The summed E-state index contributed by atoms with van der Waals surface area (Å²) < 4.78 is 50.2. The van der Waals surface area contributed by atoms with Gasteiger partial charge in [-0.05, 0) is 41.3 Å². The van der Waals surface area contributed by atoms with Crippen LogP contribution in [0.15, 0.2) is 41.3 Å². The fourth-order valence-electron chi connectivity index (χ4n) is 1.99. The summed E-state index contributed by atoms with van der Waals surface area (Å²) in [6.45, 7) is 1.85. The van der Waals surface area contributed by atoms with Crippen molar-refractivity contribution >= 4 is 9.84 Å². The summed E-state index contributed by atoms with van der Waals surface area (Å²) in [5, 5.41) is 0. The Morgan fingerprint density at radius 3 is 1.95 bits per heavy atom. The smallest absolute Gasteiger partial charge is 0.178 e. The van der Waals surface area contributed by atoms with E-state index in [4.69, 9.17) is 0 Å². The van der Waals surface area contributed by atoms with Gasteiger partial charge in [0.05, 0.1) is 0 Å². The lowest BCUT2D eigenvalue weighted by molar-refractivity contribution is 0.571. The molecule has 0 saturated heterocycles. The monoisotopic (exact) mass is 296 g/mol. The Labute approximate surface area is 117 Å². The van der Waals surface area contributed by atoms with Gasteiger partial charge in [0.25, 0.3) is 0 Å². The maximum Gasteiger partial charge on any atom is 0.178 e. The van der Waals surface area contributed by atoms with E-state index in [-0.39, 0.29) is 10.7 Å². The van der Waals surface area contributed by atoms with Gasteiger partial charge in [-0.15, -0.1) is 0 Å². The molecule has 0 heterocycles. The van der Waals surface area contributed by atoms with E-state index in [9.17, 15) is 17.2 Å². The van der Waals surface area contributed by atoms with Crippen molar-refractivity contribution in [2.75, 3.05) is 6.26 Å². The molecule has 0 aromatic heterocycles. The summed E-state index contributed by atoms with van der Waals surface area (Å²) in [5.74, 6) is -1.18. The lowest BCUT2D eigenvalue weighted by Gasteiger charge is -2.07. The van der Waals surface area contributed by atoms with Crippen molar-refractivity contribution in [2.45, 2.75) is 18.2 Å². The molecule has 2 nitrogen and oxygen atoms in total. The summed E-state index contributed by atoms with van der Waals surface area (Å²) in [6.07, 6.45) is 1.52. The van der Waals surface area contributed by atoms with Crippen molar-refractivity contribution in [3.8, 4) is 11.1 Å². The number of halogens is 2. The third-order valence-electron chi connectivity index (χ3n) is 3.10. The van der Waals surface area contributed by atoms with Gasteiger partial charge in [-0.25, -0.2) is 17.2 Å². The third kappa shape index (κ3) is 2.88. The molecule has 0 N–H and O–H groups in total. The summed E-state index contributed by atoms with van der Waals surface area (Å²) in [6, 6.07) is 8.44. The average molecular weight is 296 g/mol. The summed E-state index contributed by atoms with van der Waals surface area (Å²) >= 11 is 0. The minimum Gasteiger partial charge on any atom is -0.224 e. The first-order valence-electron chi connectivity index (χ1n) is 6.11. The first kappa shape index (κ1) is 14.7. The van der Waals surface area contributed by atoms with Crippen LogP contribution in [0.1, 0.15) is 12.5 Å². The van der Waals surface area contributed by atoms with Gasteiger partial charge in [0.15, 0.2) is 9.84 Å². The van der Waals surface area contributed by atoms with Gasteiger partial charge in [0.1, 0.15) is 16.5 Å². The molecule has 0 unspecified atom stereocenters. The molecule has 0 aliphatic rings. The molecule has 2 aromatic rings. The lowest BCUT2D eigenvalue weighted by Crippen LogP contribution is -2.00. The van der Waals surface area contributed by atoms with Gasteiger partial charge in [-0.1, -0.05) is 25.1 Å². The molecule has 0 amide bonds. The molecule has 2 rings (SSSR count). The van der Waals surface area contributed by atoms with Crippen molar-refractivity contribution in [2.24, 2.45) is 0 Å². The molecule has 20 heavy (non-hydrogen) atoms. The molecule has 0 aliphatic carbocycles. The van der Waals surface area contributed by atoms with E-state index in [0.717, 1.165) is 12.3 Å². The molecule has 0 atom stereocenters. The Morgan fingerprint density at radius 2 is 1.50 bits per heavy atom. The molecule has 0 fully saturated rings. The zero-order valence-electron chi connectivity index (χ0n) is 11.2. The van der Waals surface area contributed by atoms with Crippen LogP contribution in [0.4, 0.5) is 8.78 Å². The Bertz CT molecular complexity index is 752. The molecule has 0 radical (unpaired) electrons. The predicted octanol–water partition coefficient (Wildman–Crippen LogP) is 3.60. The molecular formula is C15H14F2O2S. The molecule has 0 spiro atoms. The van der Waals surface area contributed by atoms with Crippen LogP contribution in [0.5, 0.6) is 0 Å². The van der Waals surface area contributed by atoms with Crippen LogP contribution < -0.4 is 0 Å². The molecule has 0 saturated carbocycles. The van der Waals surface area contributed by atoms with Gasteiger partial charge in [0, 0.05) is 6.26 Å². The highest BCUT2D eigenvalue weighted by molar-refractivity contribution is 7.90. The van der Waals surface area contributed by atoms with E-state index in [1.807, 2.05) is 6.92 Å². The van der Waals surface area contributed by atoms with E-state index < -0.39 is 15.7 Å². The molecule has 106 valence electrons. The largest absolute Gasteiger partial charge is 0.224 e. The van der Waals surface area contributed by atoms with E-state index in [1.54, 1.807) is 12.1 Å². The Kier molecular flexibility index (Phi) is 3.90. The fraction of sp³-hybridized carbons (Fsp3) is 0.200. The van der Waals surface area contributed by atoms with Crippen LogP contribution in [0, 0.1) is 11.6 Å². The number of aryl methyl sites for hydroxylation is 1. The van der Waals surface area contributed by atoms with Crippen molar-refractivity contribution in [1.82, 2.24) is 0 Å². The highest BCUT2D eigenvalue weighted by atomic mass is 32.2. The van der Waals surface area contributed by atoms with Crippen molar-refractivity contribution in [3.05, 3.63) is 53.6 Å². The number of benzene rings is 2. The molecule has 0 bridgehead atoms. The standard InChI is InChI=1S/C15H14F2O2S/c1-3-10-4-5-11(8-13(10)16)12-6-7-15(14(17)9-12)20(2,18)19/h4-9H,3H2,1-2H3. The third-order valence-corrected chi connectivity index (χ3v) is 4.23. The van der Waals surface area contributed by atoms with Gasteiger partial charge >= 0.3 is 0 Å². The van der Waals surface area contributed by atoms with Gasteiger partial charge < -0.3 is 0 Å². The second-order valence-electron chi connectivity index (χ2n) is 4.58. The maximum absolute atomic E-state index is 13.8. The SMILES string of the molecule is CCc1ccc(-c2ccc(S(C)(=O)=O)c(F)c2)cc1F. The minimum absolute atomic E-state index is 0.349. The van der Waals surface area contributed by atoms with Crippen LogP contribution >= 0.6 is 0 Å². The predicted molar refractivity (Wildman–Crippen MR) is 74.3 cm³/mol. The first-order valence-corrected chi connectivity index (χ1v) is 8.00. The van der Waals surface area contributed by atoms with E-state index in [1.165, 1.54) is 18.2 Å². The lowest BCUT2D eigenvalue weighted by atomic mass is 10.0. The highest BCUT2D eigenvalue weighted by Crippen LogP contribution is 2.25. The second-order valence-corrected chi connectivity index (χ2v) is 6.56. The van der Waals surface area contributed by atoms with Gasteiger partial charge in [-0.2, -0.15) is 0 Å². The van der Waals surface area contributed by atoms with Crippen molar-refractivity contribution < 1.29 is 17.2 Å². The minimum atomic E-state index is -3.60. The van der Waals surface area contributed by atoms with E-state index in [0.29, 0.717) is 23.1 Å². The second kappa shape index (κ2) is 5.32. The van der Waals surface area contributed by atoms with Crippen LogP contribution in [-0.2, 0) is 16.3 Å². The molecule has 0 aliphatic heterocycles. The first-order chi connectivity index (χ1) is 9.32. The Balaban J connectivity index is 2.50. The highest BCUT2D eigenvalue weighted by Gasteiger charge is 2.14. The number of sulfone groups is 1. The topological polar surface area (TPSA) is 34.1 Å². The number of hydrogen-bond donors (Lipinski definition) is 0. The van der Waals surface area contributed by atoms with Gasteiger partial charge in [-0.3, -0.25) is 0 Å². The summed E-state index contributed by atoms with van der Waals surface area (Å²) in [5.41, 5.74) is 1.54. The Hall–Kier alpha value is -1.75. The summed E-state index contributed by atoms with van der Waals surface area (Å²) in [4.78, 5) is -0.355. The zero-order chi connectivity index (χ0) is 14.9. The van der Waals surface area contributed by atoms with E-state index >= 15 is 0 Å². The maximum atomic E-state index is 13.8. The van der Waals surface area contributed by atoms with Crippen molar-refractivity contribution in [1.29, 1.82) is 0 Å². The van der Waals surface area contributed by atoms with Crippen LogP contribution in [0.25, 0.3) is 11.1 Å². The van der Waals surface area contributed by atoms with E-state index in [2.05, 4.69) is 0 Å². The Morgan fingerprint density at radius 1 is 0.950 bits per heavy atom. The summed E-state index contributed by atoms with van der Waals surface area (Å²) in [7, 11) is -3.60. The number of rotatable bonds is 3. The van der Waals surface area contributed by atoms with Crippen LogP contribution in [0.3, 0.4) is 0 Å².